The number of rotatable bonds is 4. The third kappa shape index (κ3) is 2.94. The molecule has 0 spiro atoms. The Morgan fingerprint density at radius 3 is 2.65 bits per heavy atom. The molecule has 104 valence electrons. The molecular weight excluding hydrogens is 346 g/mol. The molecule has 0 aliphatic carbocycles. The van der Waals surface area contributed by atoms with Crippen LogP contribution in [0.3, 0.4) is 0 Å². The molecule has 20 heavy (non-hydrogen) atoms. The lowest BCUT2D eigenvalue weighted by Crippen LogP contribution is -2.11. The Hall–Kier alpha value is -1.59. The Bertz CT molecular complexity index is 694. The third-order valence-electron chi connectivity index (χ3n) is 2.94. The van der Waals surface area contributed by atoms with Crippen LogP contribution in [0.5, 0.6) is 0 Å². The molecule has 0 saturated carbocycles. The highest BCUT2D eigenvalue weighted by Crippen LogP contribution is 2.24. The standard InChI is InChI=1S/C14H11BrClNO3/c1-17-11(7-13(18)19)10(15)6-12(17)14(20)8-3-2-4-9(16)5-8/h2-6H,7H2,1H3,(H,18,19). The molecule has 2 rings (SSSR count). The SMILES string of the molecule is Cn1c(C(=O)c2cccc(Cl)c2)cc(Br)c1CC(=O)O. The lowest BCUT2D eigenvalue weighted by molar-refractivity contribution is -0.136. The molecule has 0 saturated heterocycles. The lowest BCUT2D eigenvalue weighted by atomic mass is 10.1. The first kappa shape index (κ1) is 14.8. The number of carbonyl (C=O) groups is 2. The van der Waals surface area contributed by atoms with Crippen molar-refractivity contribution in [3.63, 3.8) is 0 Å². The number of aliphatic carboxylic acids is 1. The maximum absolute atomic E-state index is 12.4. The molecule has 2 aromatic rings. The number of carboxylic acids is 1. The molecule has 0 atom stereocenters. The van der Waals surface area contributed by atoms with Gasteiger partial charge in [0.2, 0.25) is 5.78 Å². The van der Waals surface area contributed by atoms with Crippen LogP contribution in [0.4, 0.5) is 0 Å². The minimum absolute atomic E-state index is 0.153. The van der Waals surface area contributed by atoms with E-state index in [-0.39, 0.29) is 12.2 Å². The number of ketones is 1. The first-order valence-corrected chi connectivity index (χ1v) is 6.93. The van der Waals surface area contributed by atoms with Gasteiger partial charge in [-0.25, -0.2) is 0 Å². The smallest absolute Gasteiger partial charge is 0.309 e. The first-order valence-electron chi connectivity index (χ1n) is 5.76. The van der Waals surface area contributed by atoms with Gasteiger partial charge in [-0.2, -0.15) is 0 Å². The topological polar surface area (TPSA) is 59.3 Å². The van der Waals surface area contributed by atoms with Crippen LogP contribution in [0.25, 0.3) is 0 Å². The van der Waals surface area contributed by atoms with Crippen LogP contribution in [-0.2, 0) is 18.3 Å². The summed E-state index contributed by atoms with van der Waals surface area (Å²) in [6.07, 6.45) is -0.153. The Morgan fingerprint density at radius 2 is 2.05 bits per heavy atom. The van der Waals surface area contributed by atoms with Gasteiger partial charge in [0.1, 0.15) is 0 Å². The van der Waals surface area contributed by atoms with E-state index < -0.39 is 5.97 Å². The van der Waals surface area contributed by atoms with E-state index in [0.717, 1.165) is 0 Å². The zero-order chi connectivity index (χ0) is 14.9. The number of carbonyl (C=O) groups excluding carboxylic acids is 1. The molecule has 4 nitrogen and oxygen atoms in total. The van der Waals surface area contributed by atoms with Crippen molar-refractivity contribution in [2.75, 3.05) is 0 Å². The van der Waals surface area contributed by atoms with Crippen LogP contribution in [0, 0.1) is 0 Å². The summed E-state index contributed by atoms with van der Waals surface area (Å²) in [5, 5.41) is 9.36. The predicted octanol–water partition coefficient (Wildman–Crippen LogP) is 3.30. The van der Waals surface area contributed by atoms with E-state index in [1.165, 1.54) is 0 Å². The number of nitrogens with zero attached hydrogens (tertiary/aromatic N) is 1. The number of benzene rings is 1. The quantitative estimate of drug-likeness (QED) is 0.855. The number of carboxylic acid groups (broad SMARTS) is 1. The maximum Gasteiger partial charge on any atom is 0.309 e. The van der Waals surface area contributed by atoms with Crippen molar-refractivity contribution in [3.05, 3.63) is 56.8 Å². The van der Waals surface area contributed by atoms with Crippen molar-refractivity contribution < 1.29 is 14.7 Å². The summed E-state index contributed by atoms with van der Waals surface area (Å²) in [4.78, 5) is 23.3. The maximum atomic E-state index is 12.4. The number of hydrogen-bond donors (Lipinski definition) is 1. The Morgan fingerprint density at radius 1 is 1.35 bits per heavy atom. The van der Waals surface area contributed by atoms with E-state index in [9.17, 15) is 9.59 Å². The van der Waals surface area contributed by atoms with Gasteiger partial charge in [0.25, 0.3) is 0 Å². The van der Waals surface area contributed by atoms with Gasteiger partial charge in [0, 0.05) is 27.8 Å². The minimum Gasteiger partial charge on any atom is -0.481 e. The normalized spacial score (nSPS) is 10.6. The average Bonchev–Trinajstić information content (AvgIpc) is 2.65. The largest absolute Gasteiger partial charge is 0.481 e. The predicted molar refractivity (Wildman–Crippen MR) is 79.3 cm³/mol. The molecule has 0 amide bonds. The molecule has 0 bridgehead atoms. The highest BCUT2D eigenvalue weighted by Gasteiger charge is 2.19. The number of halogens is 2. The van der Waals surface area contributed by atoms with Crippen molar-refractivity contribution in [1.82, 2.24) is 4.57 Å². The molecular formula is C14H11BrClNO3. The summed E-state index contributed by atoms with van der Waals surface area (Å²) in [7, 11) is 1.67. The lowest BCUT2D eigenvalue weighted by Gasteiger charge is -2.06. The second-order valence-electron chi connectivity index (χ2n) is 4.29. The van der Waals surface area contributed by atoms with Gasteiger partial charge in [0.05, 0.1) is 12.1 Å². The van der Waals surface area contributed by atoms with Gasteiger partial charge >= 0.3 is 5.97 Å². The van der Waals surface area contributed by atoms with Crippen LogP contribution < -0.4 is 0 Å². The van der Waals surface area contributed by atoms with E-state index in [4.69, 9.17) is 16.7 Å². The first-order chi connectivity index (χ1) is 9.40. The summed E-state index contributed by atoms with van der Waals surface area (Å²) < 4.78 is 2.19. The Balaban J connectivity index is 2.43. The zero-order valence-electron chi connectivity index (χ0n) is 10.6. The summed E-state index contributed by atoms with van der Waals surface area (Å²) in [6.45, 7) is 0. The molecule has 0 aliphatic rings. The minimum atomic E-state index is -0.950. The zero-order valence-corrected chi connectivity index (χ0v) is 12.9. The average molecular weight is 357 g/mol. The summed E-state index contributed by atoms with van der Waals surface area (Å²) in [5.74, 6) is -1.15. The van der Waals surface area contributed by atoms with Crippen LogP contribution in [0.2, 0.25) is 5.02 Å². The molecule has 0 fully saturated rings. The van der Waals surface area contributed by atoms with Crippen LogP contribution >= 0.6 is 27.5 Å². The van der Waals surface area contributed by atoms with E-state index in [2.05, 4.69) is 15.9 Å². The van der Waals surface area contributed by atoms with E-state index in [1.54, 1.807) is 41.9 Å². The van der Waals surface area contributed by atoms with Gasteiger partial charge in [0.15, 0.2) is 0 Å². The fourth-order valence-corrected chi connectivity index (χ4v) is 2.76. The Labute approximate surface area is 129 Å². The van der Waals surface area contributed by atoms with Crippen molar-refractivity contribution in [2.24, 2.45) is 7.05 Å². The van der Waals surface area contributed by atoms with Gasteiger partial charge in [-0.3, -0.25) is 9.59 Å². The van der Waals surface area contributed by atoms with E-state index in [0.29, 0.717) is 26.4 Å². The molecule has 1 aromatic carbocycles. The monoisotopic (exact) mass is 355 g/mol. The summed E-state index contributed by atoms with van der Waals surface area (Å²) in [5.41, 5.74) is 1.42. The second-order valence-corrected chi connectivity index (χ2v) is 5.58. The molecule has 0 radical (unpaired) electrons. The van der Waals surface area contributed by atoms with E-state index >= 15 is 0 Å². The van der Waals surface area contributed by atoms with Crippen molar-refractivity contribution in [1.29, 1.82) is 0 Å². The number of hydrogen-bond acceptors (Lipinski definition) is 2. The molecule has 0 aliphatic heterocycles. The van der Waals surface area contributed by atoms with Crippen molar-refractivity contribution in [3.8, 4) is 0 Å². The molecule has 0 unspecified atom stereocenters. The van der Waals surface area contributed by atoms with Crippen LogP contribution in [0.15, 0.2) is 34.8 Å². The summed E-state index contributed by atoms with van der Waals surface area (Å²) in [6, 6.07) is 8.27. The number of aromatic nitrogens is 1. The third-order valence-corrected chi connectivity index (χ3v) is 3.87. The molecule has 6 heteroatoms. The highest BCUT2D eigenvalue weighted by atomic mass is 79.9. The fourth-order valence-electron chi connectivity index (χ4n) is 1.95. The van der Waals surface area contributed by atoms with Crippen LogP contribution in [-0.4, -0.2) is 21.4 Å². The fraction of sp³-hybridized carbons (Fsp3) is 0.143. The van der Waals surface area contributed by atoms with E-state index in [1.807, 2.05) is 0 Å². The van der Waals surface area contributed by atoms with Gasteiger partial charge in [-0.05, 0) is 34.1 Å². The molecule has 1 heterocycles. The van der Waals surface area contributed by atoms with Gasteiger partial charge in [-0.15, -0.1) is 0 Å². The highest BCUT2D eigenvalue weighted by molar-refractivity contribution is 9.10. The van der Waals surface area contributed by atoms with Crippen LogP contribution in [0.1, 0.15) is 21.7 Å². The molecule has 1 N–H and O–H groups in total. The van der Waals surface area contributed by atoms with Crippen molar-refractivity contribution in [2.45, 2.75) is 6.42 Å². The second kappa shape index (κ2) is 5.81. The Kier molecular flexibility index (Phi) is 4.30. The van der Waals surface area contributed by atoms with Gasteiger partial charge < -0.3 is 9.67 Å². The van der Waals surface area contributed by atoms with Crippen molar-refractivity contribution >= 4 is 39.3 Å². The van der Waals surface area contributed by atoms with Gasteiger partial charge in [-0.1, -0.05) is 23.7 Å². The summed E-state index contributed by atoms with van der Waals surface area (Å²) >= 11 is 9.16. The molecule has 1 aromatic heterocycles.